The molecule has 2 heterocycles. The first-order valence-electron chi connectivity index (χ1n) is 10.6. The molecular weight excluding hydrogens is 489 g/mol. The lowest BCUT2D eigenvalue weighted by Crippen LogP contribution is -1.77. The van der Waals surface area contributed by atoms with Crippen LogP contribution in [0.15, 0.2) is 152 Å². The highest BCUT2D eigenvalue weighted by molar-refractivity contribution is 8.29. The van der Waals surface area contributed by atoms with Crippen LogP contribution in [0.4, 0.5) is 0 Å². The summed E-state index contributed by atoms with van der Waals surface area (Å²) in [5.74, 6) is 0. The van der Waals surface area contributed by atoms with Crippen molar-refractivity contribution in [1.29, 1.82) is 0 Å². The molecule has 2 aliphatic heterocycles. The minimum atomic E-state index is 1.19. The highest BCUT2D eigenvalue weighted by Gasteiger charge is 2.18. The van der Waals surface area contributed by atoms with Gasteiger partial charge in [0.2, 0.25) is 0 Å². The zero-order valence-electron chi connectivity index (χ0n) is 18.9. The monoisotopic (exact) mass is 514 g/mol. The van der Waals surface area contributed by atoms with Gasteiger partial charge in [-0.15, -0.1) is 0 Å². The van der Waals surface area contributed by atoms with Gasteiger partial charge in [-0.3, -0.25) is 0 Å². The molecule has 34 heavy (non-hydrogen) atoms. The molecule has 0 fully saturated rings. The number of thioether (sulfide) groups is 4. The lowest BCUT2D eigenvalue weighted by Gasteiger charge is -2.01. The minimum absolute atomic E-state index is 1.19. The Labute approximate surface area is 220 Å². The summed E-state index contributed by atoms with van der Waals surface area (Å²) in [5.41, 5.74) is 2.37. The van der Waals surface area contributed by atoms with E-state index in [0.717, 1.165) is 0 Å². The van der Waals surface area contributed by atoms with Crippen LogP contribution >= 0.6 is 47.0 Å². The molecule has 0 N–H and O–H groups in total. The third kappa shape index (κ3) is 7.78. The van der Waals surface area contributed by atoms with Crippen LogP contribution in [-0.2, 0) is 0 Å². The predicted octanol–water partition coefficient (Wildman–Crippen LogP) is 10.6. The maximum Gasteiger partial charge on any atom is 0.0505 e. The molecule has 0 nitrogen and oxygen atoms in total. The lowest BCUT2D eigenvalue weighted by molar-refractivity contribution is 1.62. The Morgan fingerprint density at radius 2 is 0.824 bits per heavy atom. The second-order valence-corrected chi connectivity index (χ2v) is 11.7. The zero-order chi connectivity index (χ0) is 24.2. The van der Waals surface area contributed by atoms with Gasteiger partial charge in [-0.25, -0.2) is 0 Å². The van der Waals surface area contributed by atoms with Gasteiger partial charge in [0, 0.05) is 19.6 Å². The first-order valence-corrected chi connectivity index (χ1v) is 13.8. The van der Waals surface area contributed by atoms with Crippen LogP contribution in [0.5, 0.6) is 0 Å². The van der Waals surface area contributed by atoms with E-state index in [1.807, 2.05) is 24.3 Å². The SMILES string of the molecule is C=C/C=C/C1=C(/C=C/C=C)SC(=Cc2cccc(C=C3SC(/C=C/C=C)=C(/C=C/C=C)S3)c2)S1. The Morgan fingerprint density at radius 3 is 1.12 bits per heavy atom. The van der Waals surface area contributed by atoms with Crippen molar-refractivity contribution >= 4 is 59.2 Å². The molecule has 2 aliphatic rings. The number of hydrogen-bond donors (Lipinski definition) is 0. The maximum atomic E-state index is 3.78. The van der Waals surface area contributed by atoms with E-state index in [1.54, 1.807) is 71.4 Å². The molecule has 1 aromatic rings. The summed E-state index contributed by atoms with van der Waals surface area (Å²) in [6.45, 7) is 15.1. The van der Waals surface area contributed by atoms with Crippen LogP contribution in [0, 0.1) is 0 Å². The molecule has 0 saturated carbocycles. The molecule has 4 heteroatoms. The standard InChI is InChI=1S/C30H26S4/c1-5-9-16-25-26(17-10-6-2)32-29(31-25)21-23-14-13-15-24(20-23)22-30-33-27(18-11-7-3)28(34-30)19-12-8-4/h5-22H,1-4H2/b16-9+,17-10+,18-11+,19-12+. The van der Waals surface area contributed by atoms with Crippen molar-refractivity contribution in [2.45, 2.75) is 0 Å². The van der Waals surface area contributed by atoms with E-state index in [1.165, 1.54) is 39.2 Å². The van der Waals surface area contributed by atoms with E-state index in [9.17, 15) is 0 Å². The largest absolute Gasteiger partial charge is 0.0991 e. The summed E-state index contributed by atoms with van der Waals surface area (Å²) in [7, 11) is 0. The Bertz CT molecular complexity index is 1050. The Hall–Kier alpha value is -2.50. The fraction of sp³-hybridized carbons (Fsp3) is 0. The summed E-state index contributed by atoms with van der Waals surface area (Å²) in [6, 6.07) is 8.64. The average molecular weight is 515 g/mol. The molecule has 0 bridgehead atoms. The lowest BCUT2D eigenvalue weighted by atomic mass is 10.1. The number of allylic oxidation sites excluding steroid dienone is 12. The molecule has 1 aromatic carbocycles. The Morgan fingerprint density at radius 1 is 0.500 bits per heavy atom. The summed E-state index contributed by atoms with van der Waals surface area (Å²) in [5, 5.41) is 0. The normalized spacial score (nSPS) is 16.6. The van der Waals surface area contributed by atoms with Crippen molar-refractivity contribution in [3.05, 3.63) is 163 Å². The third-order valence-corrected chi connectivity index (χ3v) is 9.18. The minimum Gasteiger partial charge on any atom is -0.0991 e. The summed E-state index contributed by atoms with van der Waals surface area (Å²) < 4.78 is 2.49. The van der Waals surface area contributed by atoms with E-state index in [-0.39, 0.29) is 0 Å². The maximum absolute atomic E-state index is 3.78. The van der Waals surface area contributed by atoms with E-state index >= 15 is 0 Å². The van der Waals surface area contributed by atoms with E-state index < -0.39 is 0 Å². The highest BCUT2D eigenvalue weighted by Crippen LogP contribution is 2.52. The van der Waals surface area contributed by atoms with Gasteiger partial charge < -0.3 is 0 Å². The van der Waals surface area contributed by atoms with Gasteiger partial charge in [-0.05, 0) is 53.6 Å². The van der Waals surface area contributed by atoms with Crippen molar-refractivity contribution in [1.82, 2.24) is 0 Å². The second-order valence-electron chi connectivity index (χ2n) is 6.84. The fourth-order valence-corrected chi connectivity index (χ4v) is 7.71. The molecule has 0 radical (unpaired) electrons. The quantitative estimate of drug-likeness (QED) is 0.285. The van der Waals surface area contributed by atoms with Gasteiger partial charge in [0.05, 0.1) is 8.47 Å². The van der Waals surface area contributed by atoms with Crippen LogP contribution in [-0.4, -0.2) is 0 Å². The summed E-state index contributed by atoms with van der Waals surface area (Å²) in [4.78, 5) is 4.88. The molecule has 3 rings (SSSR count). The fourth-order valence-electron chi connectivity index (χ4n) is 2.89. The van der Waals surface area contributed by atoms with Crippen molar-refractivity contribution in [2.75, 3.05) is 0 Å². The van der Waals surface area contributed by atoms with Crippen LogP contribution in [0.25, 0.3) is 12.2 Å². The van der Waals surface area contributed by atoms with Gasteiger partial charge in [0.15, 0.2) is 0 Å². The van der Waals surface area contributed by atoms with E-state index in [4.69, 9.17) is 0 Å². The van der Waals surface area contributed by atoms with Gasteiger partial charge in [-0.1, -0.05) is 140 Å². The zero-order valence-corrected chi connectivity index (χ0v) is 22.1. The third-order valence-electron chi connectivity index (χ3n) is 4.34. The molecule has 0 saturated heterocycles. The first-order chi connectivity index (χ1) is 16.7. The van der Waals surface area contributed by atoms with Crippen LogP contribution < -0.4 is 0 Å². The summed E-state index contributed by atoms with van der Waals surface area (Å²) >= 11 is 7.12. The Kier molecular flexibility index (Phi) is 10.8. The number of hydrogen-bond acceptors (Lipinski definition) is 4. The van der Waals surface area contributed by atoms with Gasteiger partial charge in [0.1, 0.15) is 0 Å². The molecule has 0 atom stereocenters. The molecule has 0 aromatic heterocycles. The average Bonchev–Trinajstić information content (AvgIpc) is 3.41. The second kappa shape index (κ2) is 14.0. The smallest absolute Gasteiger partial charge is 0.0505 e. The molecule has 0 spiro atoms. The summed E-state index contributed by atoms with van der Waals surface area (Å²) in [6.07, 6.45) is 28.0. The number of rotatable bonds is 10. The van der Waals surface area contributed by atoms with Gasteiger partial charge in [0.25, 0.3) is 0 Å². The van der Waals surface area contributed by atoms with Crippen LogP contribution in [0.3, 0.4) is 0 Å². The van der Waals surface area contributed by atoms with E-state index in [2.05, 4.69) is 87.0 Å². The molecular formula is C30H26S4. The van der Waals surface area contributed by atoms with Gasteiger partial charge >= 0.3 is 0 Å². The molecule has 0 unspecified atom stereocenters. The Balaban J connectivity index is 1.79. The van der Waals surface area contributed by atoms with Crippen molar-refractivity contribution in [3.8, 4) is 0 Å². The van der Waals surface area contributed by atoms with Crippen molar-refractivity contribution < 1.29 is 0 Å². The topological polar surface area (TPSA) is 0 Å². The predicted molar refractivity (Wildman–Crippen MR) is 164 cm³/mol. The van der Waals surface area contributed by atoms with Gasteiger partial charge in [-0.2, -0.15) is 0 Å². The van der Waals surface area contributed by atoms with Crippen LogP contribution in [0.2, 0.25) is 0 Å². The molecule has 170 valence electrons. The molecule has 0 amide bonds. The molecule has 0 aliphatic carbocycles. The number of benzene rings is 1. The van der Waals surface area contributed by atoms with Crippen molar-refractivity contribution in [2.24, 2.45) is 0 Å². The first kappa shape index (κ1) is 26.1. The van der Waals surface area contributed by atoms with E-state index in [0.29, 0.717) is 0 Å². The van der Waals surface area contributed by atoms with Crippen LogP contribution in [0.1, 0.15) is 11.1 Å². The van der Waals surface area contributed by atoms with Crippen molar-refractivity contribution in [3.63, 3.8) is 0 Å². The highest BCUT2D eigenvalue weighted by atomic mass is 32.2.